The molecule has 2 heterocycles. The minimum absolute atomic E-state index is 0.536. The Hall–Kier alpha value is -2.88. The Morgan fingerprint density at radius 1 is 0.963 bits per heavy atom. The van der Waals surface area contributed by atoms with E-state index in [1.807, 2.05) is 13.0 Å². The quantitative estimate of drug-likeness (QED) is 0.695. The SMILES string of the molecule is Cc1cc(Nc2ccc(C(C)C)cc2)nc(N2CCc3ccccc3C2)n1. The van der Waals surface area contributed by atoms with Crippen LogP contribution in [-0.2, 0) is 13.0 Å². The van der Waals surface area contributed by atoms with Gasteiger partial charge in [-0.25, -0.2) is 4.98 Å². The lowest BCUT2D eigenvalue weighted by molar-refractivity contribution is 0.706. The molecule has 2 aromatic carbocycles. The van der Waals surface area contributed by atoms with Crippen molar-refractivity contribution < 1.29 is 0 Å². The van der Waals surface area contributed by atoms with Crippen LogP contribution in [0.1, 0.15) is 42.1 Å². The van der Waals surface area contributed by atoms with Crippen molar-refractivity contribution in [3.8, 4) is 0 Å². The third kappa shape index (κ3) is 3.95. The number of nitrogens with zero attached hydrogens (tertiary/aromatic N) is 3. The molecule has 0 amide bonds. The Balaban J connectivity index is 1.55. The summed E-state index contributed by atoms with van der Waals surface area (Å²) in [7, 11) is 0. The first-order chi connectivity index (χ1) is 13.1. The lowest BCUT2D eigenvalue weighted by Crippen LogP contribution is -2.32. The van der Waals surface area contributed by atoms with Crippen molar-refractivity contribution in [2.75, 3.05) is 16.8 Å². The Morgan fingerprint density at radius 2 is 1.70 bits per heavy atom. The van der Waals surface area contributed by atoms with Gasteiger partial charge in [-0.3, -0.25) is 0 Å². The molecule has 0 atom stereocenters. The number of anilines is 3. The van der Waals surface area contributed by atoms with Crippen LogP contribution in [0.2, 0.25) is 0 Å². The van der Waals surface area contributed by atoms with E-state index < -0.39 is 0 Å². The average molecular weight is 358 g/mol. The van der Waals surface area contributed by atoms with Crippen LogP contribution in [0.5, 0.6) is 0 Å². The summed E-state index contributed by atoms with van der Waals surface area (Å²) in [6, 6.07) is 19.2. The van der Waals surface area contributed by atoms with Crippen molar-refractivity contribution in [1.82, 2.24) is 9.97 Å². The first kappa shape index (κ1) is 17.5. The van der Waals surface area contributed by atoms with Crippen LogP contribution in [0.25, 0.3) is 0 Å². The van der Waals surface area contributed by atoms with Gasteiger partial charge in [0.15, 0.2) is 0 Å². The summed E-state index contributed by atoms with van der Waals surface area (Å²) in [6.45, 7) is 8.25. The number of fused-ring (bicyclic) bond motifs is 1. The molecule has 3 aromatic rings. The summed E-state index contributed by atoms with van der Waals surface area (Å²) in [6.07, 6.45) is 1.03. The van der Waals surface area contributed by atoms with E-state index in [1.165, 1.54) is 16.7 Å². The number of hydrogen-bond acceptors (Lipinski definition) is 4. The molecule has 4 heteroatoms. The zero-order chi connectivity index (χ0) is 18.8. The summed E-state index contributed by atoms with van der Waals surface area (Å²) in [5.41, 5.74) is 6.16. The van der Waals surface area contributed by atoms with Gasteiger partial charge in [0.2, 0.25) is 5.95 Å². The number of aromatic nitrogens is 2. The molecule has 1 aliphatic rings. The third-order valence-electron chi connectivity index (χ3n) is 5.11. The Bertz CT molecular complexity index is 931. The van der Waals surface area contributed by atoms with Gasteiger partial charge in [-0.05, 0) is 48.1 Å². The molecule has 1 aliphatic heterocycles. The fourth-order valence-corrected chi connectivity index (χ4v) is 3.52. The van der Waals surface area contributed by atoms with Crippen LogP contribution in [0.4, 0.5) is 17.5 Å². The molecule has 1 N–H and O–H groups in total. The van der Waals surface area contributed by atoms with Crippen LogP contribution in [0.15, 0.2) is 54.6 Å². The molecule has 4 nitrogen and oxygen atoms in total. The number of aryl methyl sites for hydroxylation is 1. The zero-order valence-electron chi connectivity index (χ0n) is 16.2. The largest absolute Gasteiger partial charge is 0.340 e. The zero-order valence-corrected chi connectivity index (χ0v) is 16.2. The molecule has 1 aromatic heterocycles. The highest BCUT2D eigenvalue weighted by atomic mass is 15.3. The Morgan fingerprint density at radius 3 is 2.44 bits per heavy atom. The van der Waals surface area contributed by atoms with Crippen molar-refractivity contribution in [3.63, 3.8) is 0 Å². The molecule has 0 radical (unpaired) electrons. The summed E-state index contributed by atoms with van der Waals surface area (Å²) in [4.78, 5) is 11.7. The topological polar surface area (TPSA) is 41.1 Å². The van der Waals surface area contributed by atoms with Gasteiger partial charge >= 0.3 is 0 Å². The summed E-state index contributed by atoms with van der Waals surface area (Å²) in [5.74, 6) is 2.17. The molecule has 4 rings (SSSR count). The Kier molecular flexibility index (Phi) is 4.80. The molecule has 0 bridgehead atoms. The van der Waals surface area contributed by atoms with E-state index in [-0.39, 0.29) is 0 Å². The number of nitrogens with one attached hydrogen (secondary N) is 1. The summed E-state index contributed by atoms with van der Waals surface area (Å²) in [5, 5.41) is 3.43. The molecule has 0 fully saturated rings. The molecule has 138 valence electrons. The fourth-order valence-electron chi connectivity index (χ4n) is 3.52. The molecular weight excluding hydrogens is 332 g/mol. The predicted molar refractivity (Wildman–Crippen MR) is 112 cm³/mol. The first-order valence-electron chi connectivity index (χ1n) is 9.63. The van der Waals surface area contributed by atoms with E-state index in [0.717, 1.165) is 42.7 Å². The van der Waals surface area contributed by atoms with Gasteiger partial charge in [-0.2, -0.15) is 4.98 Å². The highest BCUT2D eigenvalue weighted by Crippen LogP contribution is 2.25. The molecule has 27 heavy (non-hydrogen) atoms. The Labute approximate surface area is 161 Å². The van der Waals surface area contributed by atoms with Gasteiger partial charge in [-0.15, -0.1) is 0 Å². The number of rotatable bonds is 4. The predicted octanol–water partition coefficient (Wildman–Crippen LogP) is 5.21. The second-order valence-corrected chi connectivity index (χ2v) is 7.54. The van der Waals surface area contributed by atoms with Gasteiger partial charge in [0, 0.05) is 30.5 Å². The number of hydrogen-bond donors (Lipinski definition) is 1. The second kappa shape index (κ2) is 7.39. The van der Waals surface area contributed by atoms with Gasteiger partial charge in [-0.1, -0.05) is 50.2 Å². The molecular formula is C23H26N4. The van der Waals surface area contributed by atoms with Crippen molar-refractivity contribution in [1.29, 1.82) is 0 Å². The second-order valence-electron chi connectivity index (χ2n) is 7.54. The minimum atomic E-state index is 0.536. The van der Waals surface area contributed by atoms with E-state index >= 15 is 0 Å². The van der Waals surface area contributed by atoms with Gasteiger partial charge < -0.3 is 10.2 Å². The van der Waals surface area contributed by atoms with Crippen LogP contribution >= 0.6 is 0 Å². The maximum Gasteiger partial charge on any atom is 0.227 e. The molecule has 0 spiro atoms. The van der Waals surface area contributed by atoms with E-state index in [4.69, 9.17) is 4.98 Å². The normalized spacial score (nSPS) is 13.6. The van der Waals surface area contributed by atoms with Crippen molar-refractivity contribution >= 4 is 17.5 Å². The summed E-state index contributed by atoms with van der Waals surface area (Å²) < 4.78 is 0. The van der Waals surface area contributed by atoms with Gasteiger partial charge in [0.05, 0.1) is 0 Å². The standard InChI is InChI=1S/C23H26N4/c1-16(2)18-8-10-21(11-9-18)25-22-14-17(3)24-23(26-22)27-13-12-19-6-4-5-7-20(19)15-27/h4-11,14,16H,12-13,15H2,1-3H3,(H,24,25,26). The highest BCUT2D eigenvalue weighted by molar-refractivity contribution is 5.58. The maximum atomic E-state index is 4.79. The van der Waals surface area contributed by atoms with Crippen LogP contribution in [0.3, 0.4) is 0 Å². The monoisotopic (exact) mass is 358 g/mol. The lowest BCUT2D eigenvalue weighted by atomic mass is 10.0. The van der Waals surface area contributed by atoms with Crippen LogP contribution in [-0.4, -0.2) is 16.5 Å². The minimum Gasteiger partial charge on any atom is -0.340 e. The van der Waals surface area contributed by atoms with Crippen LogP contribution in [0, 0.1) is 6.92 Å². The maximum absolute atomic E-state index is 4.79. The van der Waals surface area contributed by atoms with Gasteiger partial charge in [0.1, 0.15) is 5.82 Å². The smallest absolute Gasteiger partial charge is 0.227 e. The summed E-state index contributed by atoms with van der Waals surface area (Å²) >= 11 is 0. The lowest BCUT2D eigenvalue weighted by Gasteiger charge is -2.29. The van der Waals surface area contributed by atoms with E-state index in [9.17, 15) is 0 Å². The van der Waals surface area contributed by atoms with Gasteiger partial charge in [0.25, 0.3) is 0 Å². The number of benzene rings is 2. The highest BCUT2D eigenvalue weighted by Gasteiger charge is 2.18. The van der Waals surface area contributed by atoms with Crippen molar-refractivity contribution in [2.45, 2.75) is 39.7 Å². The van der Waals surface area contributed by atoms with E-state index in [1.54, 1.807) is 0 Å². The van der Waals surface area contributed by atoms with Crippen molar-refractivity contribution in [3.05, 3.63) is 77.0 Å². The average Bonchev–Trinajstić information content (AvgIpc) is 2.67. The first-order valence-corrected chi connectivity index (χ1v) is 9.63. The van der Waals surface area contributed by atoms with Crippen LogP contribution < -0.4 is 10.2 Å². The van der Waals surface area contributed by atoms with E-state index in [0.29, 0.717) is 5.92 Å². The molecule has 0 saturated heterocycles. The molecule has 0 unspecified atom stereocenters. The van der Waals surface area contributed by atoms with E-state index in [2.05, 4.69) is 77.6 Å². The third-order valence-corrected chi connectivity index (χ3v) is 5.11. The fraction of sp³-hybridized carbons (Fsp3) is 0.304. The van der Waals surface area contributed by atoms with Crippen molar-refractivity contribution in [2.24, 2.45) is 0 Å². The molecule has 0 saturated carbocycles. The molecule has 0 aliphatic carbocycles.